The largest absolute Gasteiger partial charge is 0.467 e. The summed E-state index contributed by atoms with van der Waals surface area (Å²) in [6.45, 7) is 0.279. The molecule has 0 aliphatic rings. The smallest absolute Gasteiger partial charge is 0.276 e. The molecule has 1 aromatic carbocycles. The van der Waals surface area contributed by atoms with Crippen LogP contribution >= 0.6 is 0 Å². The Morgan fingerprint density at radius 3 is 2.64 bits per heavy atom. The Morgan fingerprint density at radius 2 is 1.92 bits per heavy atom. The number of pyridine rings is 1. The first kappa shape index (κ1) is 16.4. The highest BCUT2D eigenvalue weighted by Crippen LogP contribution is 2.14. The van der Waals surface area contributed by atoms with Crippen LogP contribution in [0.1, 0.15) is 26.6 Å². The second-order valence-corrected chi connectivity index (χ2v) is 5.39. The summed E-state index contributed by atoms with van der Waals surface area (Å²) < 4.78 is 5.17. The Kier molecular flexibility index (Phi) is 4.89. The van der Waals surface area contributed by atoms with E-state index in [1.807, 2.05) is 30.3 Å². The number of carbonyl (C=O) groups excluding carboxylic acids is 2. The molecule has 3 aromatic rings. The van der Waals surface area contributed by atoms with Gasteiger partial charge in [0.05, 0.1) is 12.8 Å². The number of para-hydroxylation sites is 1. The van der Waals surface area contributed by atoms with Crippen LogP contribution in [0.25, 0.3) is 0 Å². The van der Waals surface area contributed by atoms with Crippen LogP contribution in [-0.4, -0.2) is 23.8 Å². The zero-order chi connectivity index (χ0) is 17.6. The quantitative estimate of drug-likeness (QED) is 0.778. The first-order valence-corrected chi connectivity index (χ1v) is 7.75. The Labute approximate surface area is 145 Å². The molecule has 6 heteroatoms. The molecule has 1 N–H and O–H groups in total. The van der Waals surface area contributed by atoms with E-state index in [2.05, 4.69) is 10.3 Å². The summed E-state index contributed by atoms with van der Waals surface area (Å²) in [5.41, 5.74) is 1.32. The van der Waals surface area contributed by atoms with Gasteiger partial charge < -0.3 is 14.6 Å². The maximum Gasteiger partial charge on any atom is 0.276 e. The standard InChI is InChI=1S/C19H17N3O3/c1-22(15-6-3-2-4-7-15)19(24)17-12-14(9-10-20-17)18(23)21-13-16-8-5-11-25-16/h2-12H,13H2,1H3,(H,21,23). The van der Waals surface area contributed by atoms with Crippen molar-refractivity contribution in [2.75, 3.05) is 11.9 Å². The predicted octanol–water partition coefficient (Wildman–Crippen LogP) is 2.88. The van der Waals surface area contributed by atoms with Crippen LogP contribution in [0.5, 0.6) is 0 Å². The van der Waals surface area contributed by atoms with Crippen molar-refractivity contribution < 1.29 is 14.0 Å². The molecular formula is C19H17N3O3. The molecule has 2 heterocycles. The molecule has 6 nitrogen and oxygen atoms in total. The van der Waals surface area contributed by atoms with Crippen LogP contribution in [0.4, 0.5) is 5.69 Å². The Hall–Kier alpha value is -3.41. The first-order valence-electron chi connectivity index (χ1n) is 7.75. The van der Waals surface area contributed by atoms with Gasteiger partial charge in [0.25, 0.3) is 11.8 Å². The third-order valence-electron chi connectivity index (χ3n) is 3.69. The van der Waals surface area contributed by atoms with Crippen LogP contribution < -0.4 is 10.2 Å². The maximum atomic E-state index is 12.6. The molecule has 25 heavy (non-hydrogen) atoms. The maximum absolute atomic E-state index is 12.6. The molecule has 0 aliphatic heterocycles. The minimum absolute atomic E-state index is 0.206. The van der Waals surface area contributed by atoms with E-state index in [1.54, 1.807) is 31.5 Å². The number of hydrogen-bond donors (Lipinski definition) is 1. The van der Waals surface area contributed by atoms with Crippen molar-refractivity contribution in [1.29, 1.82) is 0 Å². The van der Waals surface area contributed by atoms with Gasteiger partial charge in [0.1, 0.15) is 11.5 Å². The van der Waals surface area contributed by atoms with Gasteiger partial charge >= 0.3 is 0 Å². The van der Waals surface area contributed by atoms with E-state index in [4.69, 9.17) is 4.42 Å². The van der Waals surface area contributed by atoms with Gasteiger partial charge in [-0.05, 0) is 36.4 Å². The van der Waals surface area contributed by atoms with E-state index in [-0.39, 0.29) is 24.1 Å². The normalized spacial score (nSPS) is 10.3. The summed E-state index contributed by atoms with van der Waals surface area (Å²) >= 11 is 0. The fourth-order valence-electron chi connectivity index (χ4n) is 2.31. The molecule has 0 saturated carbocycles. The number of rotatable bonds is 5. The number of furan rings is 1. The van der Waals surface area contributed by atoms with E-state index in [9.17, 15) is 9.59 Å². The average Bonchev–Trinajstić information content (AvgIpc) is 3.19. The molecule has 0 radical (unpaired) electrons. The molecular weight excluding hydrogens is 318 g/mol. The topological polar surface area (TPSA) is 75.4 Å². The van der Waals surface area contributed by atoms with E-state index >= 15 is 0 Å². The van der Waals surface area contributed by atoms with Crippen molar-refractivity contribution in [1.82, 2.24) is 10.3 Å². The molecule has 0 atom stereocenters. The molecule has 126 valence electrons. The summed E-state index contributed by atoms with van der Waals surface area (Å²) in [5.74, 6) is 0.0737. The van der Waals surface area contributed by atoms with Crippen LogP contribution in [0.3, 0.4) is 0 Å². The lowest BCUT2D eigenvalue weighted by atomic mass is 10.2. The van der Waals surface area contributed by atoms with Gasteiger partial charge in [-0.2, -0.15) is 0 Å². The number of carbonyl (C=O) groups is 2. The highest BCUT2D eigenvalue weighted by atomic mass is 16.3. The van der Waals surface area contributed by atoms with Crippen molar-refractivity contribution in [3.05, 3.63) is 84.1 Å². The molecule has 2 aromatic heterocycles. The van der Waals surface area contributed by atoms with Gasteiger partial charge in [-0.1, -0.05) is 18.2 Å². The minimum atomic E-state index is -0.296. The third kappa shape index (κ3) is 3.92. The molecule has 0 bridgehead atoms. The molecule has 0 fully saturated rings. The van der Waals surface area contributed by atoms with Crippen molar-refractivity contribution in [3.8, 4) is 0 Å². The number of hydrogen-bond acceptors (Lipinski definition) is 4. The zero-order valence-corrected chi connectivity index (χ0v) is 13.7. The minimum Gasteiger partial charge on any atom is -0.467 e. The lowest BCUT2D eigenvalue weighted by Crippen LogP contribution is -2.28. The van der Waals surface area contributed by atoms with Crippen molar-refractivity contribution >= 4 is 17.5 Å². The third-order valence-corrected chi connectivity index (χ3v) is 3.69. The monoisotopic (exact) mass is 335 g/mol. The Bertz CT molecular complexity index is 861. The average molecular weight is 335 g/mol. The van der Waals surface area contributed by atoms with Crippen molar-refractivity contribution in [2.24, 2.45) is 0 Å². The van der Waals surface area contributed by atoms with Crippen LogP contribution in [0, 0.1) is 0 Å². The highest BCUT2D eigenvalue weighted by Gasteiger charge is 2.16. The molecule has 3 rings (SSSR count). The summed E-state index contributed by atoms with van der Waals surface area (Å²) in [4.78, 5) is 30.4. The van der Waals surface area contributed by atoms with Crippen LogP contribution in [0.15, 0.2) is 71.5 Å². The fourth-order valence-corrected chi connectivity index (χ4v) is 2.31. The van der Waals surface area contributed by atoms with Crippen molar-refractivity contribution in [2.45, 2.75) is 6.54 Å². The van der Waals surface area contributed by atoms with Gasteiger partial charge in [-0.3, -0.25) is 14.6 Å². The first-order chi connectivity index (χ1) is 12.1. The van der Waals surface area contributed by atoms with E-state index < -0.39 is 0 Å². The SMILES string of the molecule is CN(C(=O)c1cc(C(=O)NCc2ccco2)ccn1)c1ccccc1. The second-order valence-electron chi connectivity index (χ2n) is 5.39. The molecule has 0 spiro atoms. The molecule has 2 amide bonds. The summed E-state index contributed by atoms with van der Waals surface area (Å²) in [6.07, 6.45) is 3.00. The number of nitrogens with one attached hydrogen (secondary N) is 1. The molecule has 0 saturated heterocycles. The summed E-state index contributed by atoms with van der Waals surface area (Å²) in [5, 5.41) is 2.74. The molecule has 0 unspecified atom stereocenters. The number of aromatic nitrogens is 1. The number of amides is 2. The van der Waals surface area contributed by atoms with Gasteiger partial charge in [0.2, 0.25) is 0 Å². The van der Waals surface area contributed by atoms with Gasteiger partial charge in [0.15, 0.2) is 0 Å². The number of nitrogens with zero attached hydrogens (tertiary/aromatic N) is 2. The molecule has 0 aliphatic carbocycles. The predicted molar refractivity (Wildman–Crippen MR) is 93.3 cm³/mol. The fraction of sp³-hybridized carbons (Fsp3) is 0.105. The lowest BCUT2D eigenvalue weighted by Gasteiger charge is -2.17. The van der Waals surface area contributed by atoms with Gasteiger partial charge in [-0.15, -0.1) is 0 Å². The Balaban J connectivity index is 1.72. The number of anilines is 1. The zero-order valence-electron chi connectivity index (χ0n) is 13.7. The van der Waals surface area contributed by atoms with Gasteiger partial charge in [0, 0.05) is 24.5 Å². The summed E-state index contributed by atoms with van der Waals surface area (Å²) in [7, 11) is 1.67. The van der Waals surface area contributed by atoms with Crippen molar-refractivity contribution in [3.63, 3.8) is 0 Å². The van der Waals surface area contributed by atoms with Crippen LogP contribution in [-0.2, 0) is 6.54 Å². The van der Waals surface area contributed by atoms with E-state index in [0.29, 0.717) is 11.3 Å². The number of benzene rings is 1. The van der Waals surface area contributed by atoms with Crippen LogP contribution in [0.2, 0.25) is 0 Å². The lowest BCUT2D eigenvalue weighted by molar-refractivity contribution is 0.0948. The van der Waals surface area contributed by atoms with E-state index in [0.717, 1.165) is 5.69 Å². The Morgan fingerprint density at radius 1 is 1.12 bits per heavy atom. The second kappa shape index (κ2) is 7.44. The van der Waals surface area contributed by atoms with E-state index in [1.165, 1.54) is 17.2 Å². The van der Waals surface area contributed by atoms with Gasteiger partial charge in [-0.25, -0.2) is 0 Å². The highest BCUT2D eigenvalue weighted by molar-refractivity contribution is 6.06. The summed E-state index contributed by atoms with van der Waals surface area (Å²) in [6, 6.07) is 15.8.